The molecule has 2 atom stereocenters. The molecule has 0 saturated carbocycles. The number of hydrogen-bond acceptors (Lipinski definition) is 2. The summed E-state index contributed by atoms with van der Waals surface area (Å²) in [6, 6.07) is -0.120. The van der Waals surface area contributed by atoms with Gasteiger partial charge in [-0.15, -0.1) is 0 Å². The van der Waals surface area contributed by atoms with E-state index in [1.165, 1.54) is 0 Å². The normalized spacial score (nSPS) is 37.5. The number of quaternary nitrogens is 1. The van der Waals surface area contributed by atoms with Gasteiger partial charge in [0.2, 0.25) is 0 Å². The zero-order chi connectivity index (χ0) is 6.15. The number of carbonyl (C=O) groups excluding carboxylic acids is 1. The number of hydrogen-bond donors (Lipinski definition) is 1. The number of carbonyl (C=O) groups is 1. The van der Waals surface area contributed by atoms with Gasteiger partial charge in [0, 0.05) is 6.42 Å². The quantitative estimate of drug-likeness (QED) is 0.410. The Bertz CT molecular complexity index is 113. The van der Waals surface area contributed by atoms with Gasteiger partial charge in [-0.05, 0) is 6.92 Å². The van der Waals surface area contributed by atoms with Crippen LogP contribution in [0, 0.1) is 0 Å². The van der Waals surface area contributed by atoms with Gasteiger partial charge in [0.1, 0.15) is 6.10 Å². The lowest BCUT2D eigenvalue weighted by Crippen LogP contribution is -2.63. The number of esters is 1. The van der Waals surface area contributed by atoms with Crippen LogP contribution in [0.4, 0.5) is 0 Å². The van der Waals surface area contributed by atoms with E-state index in [-0.39, 0.29) is 18.1 Å². The minimum atomic E-state index is -0.155. The van der Waals surface area contributed by atoms with Crippen molar-refractivity contribution < 1.29 is 15.3 Å². The van der Waals surface area contributed by atoms with Crippen LogP contribution in [0.3, 0.4) is 0 Å². The van der Waals surface area contributed by atoms with Gasteiger partial charge in [0.05, 0.1) is 0 Å². The van der Waals surface area contributed by atoms with Gasteiger partial charge in [-0.1, -0.05) is 0 Å². The Morgan fingerprint density at radius 2 is 2.50 bits per heavy atom. The van der Waals surface area contributed by atoms with Gasteiger partial charge in [-0.2, -0.15) is 0 Å². The molecule has 0 aromatic carbocycles. The zero-order valence-corrected chi connectivity index (χ0v) is 4.89. The first kappa shape index (κ1) is 5.56. The third-order valence-electron chi connectivity index (χ3n) is 1.27. The molecule has 3 nitrogen and oxygen atoms in total. The third kappa shape index (κ3) is 0.816. The van der Waals surface area contributed by atoms with Crippen LogP contribution < -0.4 is 5.73 Å². The molecule has 3 N–H and O–H groups in total. The van der Waals surface area contributed by atoms with E-state index < -0.39 is 0 Å². The number of cyclic esters (lactones) is 1. The van der Waals surface area contributed by atoms with Crippen molar-refractivity contribution in [2.24, 2.45) is 0 Å². The van der Waals surface area contributed by atoms with Gasteiger partial charge in [0.25, 0.3) is 0 Å². The van der Waals surface area contributed by atoms with Gasteiger partial charge in [-0.25, -0.2) is 4.79 Å². The summed E-state index contributed by atoms with van der Waals surface area (Å²) in [6.45, 7) is 1.88. The van der Waals surface area contributed by atoms with E-state index in [9.17, 15) is 4.79 Å². The average molecular weight is 116 g/mol. The fourth-order valence-corrected chi connectivity index (χ4v) is 0.840. The summed E-state index contributed by atoms with van der Waals surface area (Å²) in [6.07, 6.45) is 0.865. The molecule has 0 aliphatic carbocycles. The monoisotopic (exact) mass is 116 g/mol. The Hall–Kier alpha value is -0.570. The highest BCUT2D eigenvalue weighted by Gasteiger charge is 2.31. The fourth-order valence-electron chi connectivity index (χ4n) is 0.840. The number of rotatable bonds is 0. The van der Waals surface area contributed by atoms with E-state index in [2.05, 4.69) is 5.73 Å². The van der Waals surface area contributed by atoms with Crippen LogP contribution in [0.2, 0.25) is 0 Å². The van der Waals surface area contributed by atoms with E-state index in [0.29, 0.717) is 0 Å². The zero-order valence-electron chi connectivity index (χ0n) is 4.89. The van der Waals surface area contributed by atoms with Crippen LogP contribution in [0.15, 0.2) is 0 Å². The van der Waals surface area contributed by atoms with Gasteiger partial charge >= 0.3 is 5.97 Å². The molecular weight excluding hydrogens is 106 g/mol. The summed E-state index contributed by atoms with van der Waals surface area (Å²) < 4.78 is 4.77. The van der Waals surface area contributed by atoms with Gasteiger partial charge < -0.3 is 10.5 Å². The highest BCUT2D eigenvalue weighted by Crippen LogP contribution is 2.09. The van der Waals surface area contributed by atoms with Crippen molar-refractivity contribution in [1.29, 1.82) is 0 Å². The van der Waals surface area contributed by atoms with Crippen molar-refractivity contribution in [1.82, 2.24) is 0 Å². The minimum absolute atomic E-state index is 0.0880. The Balaban J connectivity index is 2.51. The molecule has 0 unspecified atom stereocenters. The lowest BCUT2D eigenvalue weighted by molar-refractivity contribution is -0.402. The van der Waals surface area contributed by atoms with Crippen molar-refractivity contribution in [3.05, 3.63) is 0 Å². The summed E-state index contributed by atoms with van der Waals surface area (Å²) in [5.74, 6) is -0.155. The van der Waals surface area contributed by atoms with E-state index in [1.807, 2.05) is 6.92 Å². The molecule has 0 radical (unpaired) electrons. The molecule has 1 heterocycles. The first-order valence-corrected chi connectivity index (χ1v) is 2.73. The first-order valence-electron chi connectivity index (χ1n) is 2.73. The average Bonchev–Trinajstić information content (AvgIpc) is 1.85. The molecule has 1 rings (SSSR count). The lowest BCUT2D eigenvalue weighted by atomic mass is 10.2. The molecule has 0 bridgehead atoms. The molecule has 0 amide bonds. The second-order valence-corrected chi connectivity index (χ2v) is 2.18. The van der Waals surface area contributed by atoms with E-state index >= 15 is 0 Å². The maximum Gasteiger partial charge on any atom is 0.365 e. The second kappa shape index (κ2) is 1.74. The van der Waals surface area contributed by atoms with Crippen molar-refractivity contribution in [3.8, 4) is 0 Å². The Kier molecular flexibility index (Phi) is 1.21. The fraction of sp³-hybridized carbons (Fsp3) is 0.800. The standard InChI is InChI=1S/C5H9NO2/c1-3-2-4(6)5(7)8-3/h3-4H,2,6H2,1H3/p+1/t3-,4+/m1/s1. The molecule has 3 heteroatoms. The van der Waals surface area contributed by atoms with Crippen molar-refractivity contribution in [2.75, 3.05) is 0 Å². The molecule has 0 aromatic rings. The maximum atomic E-state index is 10.5. The molecule has 1 saturated heterocycles. The van der Waals surface area contributed by atoms with E-state index in [1.54, 1.807) is 0 Å². The smallest absolute Gasteiger partial charge is 0.365 e. The summed E-state index contributed by atoms with van der Waals surface area (Å²) >= 11 is 0. The Morgan fingerprint density at radius 1 is 1.88 bits per heavy atom. The Morgan fingerprint density at radius 3 is 2.62 bits per heavy atom. The lowest BCUT2D eigenvalue weighted by Gasteiger charge is -1.94. The summed E-state index contributed by atoms with van der Waals surface area (Å²) in [5, 5.41) is 0. The van der Waals surface area contributed by atoms with Crippen molar-refractivity contribution >= 4 is 5.97 Å². The predicted octanol–water partition coefficient (Wildman–Crippen LogP) is -1.07. The van der Waals surface area contributed by atoms with Crippen LogP contribution >= 0.6 is 0 Å². The number of ether oxygens (including phenoxy) is 1. The van der Waals surface area contributed by atoms with Crippen LogP contribution in [-0.4, -0.2) is 18.1 Å². The largest absolute Gasteiger partial charge is 0.458 e. The molecular formula is C5H10NO2+. The van der Waals surface area contributed by atoms with Gasteiger partial charge in [-0.3, -0.25) is 0 Å². The molecule has 0 spiro atoms. The summed E-state index contributed by atoms with van der Waals surface area (Å²) in [5.41, 5.74) is 3.59. The van der Waals surface area contributed by atoms with Crippen LogP contribution in [0.1, 0.15) is 13.3 Å². The van der Waals surface area contributed by atoms with Crippen LogP contribution in [0.25, 0.3) is 0 Å². The first-order chi connectivity index (χ1) is 3.70. The minimum Gasteiger partial charge on any atom is -0.458 e. The van der Waals surface area contributed by atoms with Gasteiger partial charge in [0.15, 0.2) is 6.04 Å². The second-order valence-electron chi connectivity index (χ2n) is 2.18. The van der Waals surface area contributed by atoms with Crippen molar-refractivity contribution in [3.63, 3.8) is 0 Å². The van der Waals surface area contributed by atoms with Crippen LogP contribution in [-0.2, 0) is 9.53 Å². The van der Waals surface area contributed by atoms with E-state index in [0.717, 1.165) is 6.42 Å². The maximum absolute atomic E-state index is 10.5. The van der Waals surface area contributed by atoms with Crippen molar-refractivity contribution in [2.45, 2.75) is 25.5 Å². The Labute approximate surface area is 47.8 Å². The molecule has 1 fully saturated rings. The van der Waals surface area contributed by atoms with Crippen LogP contribution in [0.5, 0.6) is 0 Å². The highest BCUT2D eigenvalue weighted by atomic mass is 16.6. The SMILES string of the molecule is C[C@@H]1C[C@H]([NH3+])C(=O)O1. The highest BCUT2D eigenvalue weighted by molar-refractivity contribution is 5.76. The summed E-state index contributed by atoms with van der Waals surface area (Å²) in [4.78, 5) is 10.5. The predicted molar refractivity (Wildman–Crippen MR) is 26.8 cm³/mol. The molecule has 1 aliphatic heterocycles. The molecule has 1 aliphatic rings. The summed E-state index contributed by atoms with van der Waals surface area (Å²) in [7, 11) is 0. The molecule has 8 heavy (non-hydrogen) atoms. The molecule has 46 valence electrons. The molecule has 0 aromatic heterocycles. The van der Waals surface area contributed by atoms with E-state index in [4.69, 9.17) is 4.74 Å². The topological polar surface area (TPSA) is 53.9 Å². The third-order valence-corrected chi connectivity index (χ3v) is 1.27.